The minimum absolute atomic E-state index is 0.180. The van der Waals surface area contributed by atoms with Gasteiger partial charge in [0.25, 0.3) is 0 Å². The number of halogens is 1. The Labute approximate surface area is 147 Å². The van der Waals surface area contributed by atoms with Crippen LogP contribution in [-0.4, -0.2) is 32.5 Å². The lowest BCUT2D eigenvalue weighted by Gasteiger charge is -2.32. The average molecular weight is 336 g/mol. The van der Waals surface area contributed by atoms with E-state index in [4.69, 9.17) is 4.98 Å². The summed E-state index contributed by atoms with van der Waals surface area (Å²) in [5, 5.41) is 0. The zero-order chi connectivity index (χ0) is 17.1. The third kappa shape index (κ3) is 3.77. The van der Waals surface area contributed by atoms with E-state index in [1.807, 2.05) is 29.0 Å². The fourth-order valence-corrected chi connectivity index (χ4v) is 3.49. The molecule has 128 valence electrons. The van der Waals surface area contributed by atoms with Crippen molar-refractivity contribution >= 4 is 0 Å². The van der Waals surface area contributed by atoms with Crippen molar-refractivity contribution in [2.75, 3.05) is 13.1 Å². The third-order valence-electron chi connectivity index (χ3n) is 4.77. The van der Waals surface area contributed by atoms with Crippen LogP contribution >= 0.6 is 0 Å². The largest absolute Gasteiger partial charge is 0.298 e. The molecule has 5 heteroatoms. The summed E-state index contributed by atoms with van der Waals surface area (Å²) in [7, 11) is 0. The number of likely N-dealkylation sites (tertiary alicyclic amines) is 1. The quantitative estimate of drug-likeness (QED) is 0.727. The van der Waals surface area contributed by atoms with Crippen LogP contribution in [0.15, 0.2) is 61.2 Å². The molecular weight excluding hydrogens is 315 g/mol. The molecule has 1 aromatic carbocycles. The Morgan fingerprint density at radius 2 is 2.00 bits per heavy atom. The molecule has 1 atom stereocenters. The molecule has 0 bridgehead atoms. The smallest absolute Gasteiger partial charge is 0.138 e. The first-order chi connectivity index (χ1) is 12.3. The lowest BCUT2D eigenvalue weighted by atomic mass is 9.94. The Bertz CT molecular complexity index is 814. The SMILES string of the molecule is Fc1ccc(CN2CCCC(c3cccc(-n4ccnc4)n3)C2)cc1. The maximum absolute atomic E-state index is 13.1. The molecule has 2 aromatic heterocycles. The van der Waals surface area contributed by atoms with E-state index in [-0.39, 0.29) is 5.82 Å². The molecule has 1 aliphatic rings. The van der Waals surface area contributed by atoms with Gasteiger partial charge in [0, 0.05) is 37.1 Å². The lowest BCUT2D eigenvalue weighted by Crippen LogP contribution is -2.34. The highest BCUT2D eigenvalue weighted by atomic mass is 19.1. The van der Waals surface area contributed by atoms with Crippen LogP contribution in [0.2, 0.25) is 0 Å². The molecule has 1 saturated heterocycles. The molecular formula is C20H21FN4. The number of benzene rings is 1. The van der Waals surface area contributed by atoms with Gasteiger partial charge in [0.05, 0.1) is 0 Å². The van der Waals surface area contributed by atoms with Gasteiger partial charge in [-0.3, -0.25) is 9.47 Å². The Hall–Kier alpha value is -2.53. The van der Waals surface area contributed by atoms with Crippen molar-refractivity contribution in [1.29, 1.82) is 0 Å². The minimum Gasteiger partial charge on any atom is -0.298 e. The first-order valence-corrected chi connectivity index (χ1v) is 8.70. The highest BCUT2D eigenvalue weighted by Gasteiger charge is 2.22. The van der Waals surface area contributed by atoms with Gasteiger partial charge in [-0.1, -0.05) is 18.2 Å². The molecule has 3 heterocycles. The van der Waals surface area contributed by atoms with E-state index >= 15 is 0 Å². The molecule has 0 saturated carbocycles. The summed E-state index contributed by atoms with van der Waals surface area (Å²) in [5.41, 5.74) is 2.29. The van der Waals surface area contributed by atoms with Crippen molar-refractivity contribution in [1.82, 2.24) is 19.4 Å². The second kappa shape index (κ2) is 7.15. The predicted octanol–water partition coefficient (Wildman–Crippen LogP) is 3.79. The summed E-state index contributed by atoms with van der Waals surface area (Å²) in [4.78, 5) is 11.4. The fraction of sp³-hybridized carbons (Fsp3) is 0.300. The van der Waals surface area contributed by atoms with Crippen LogP contribution in [0.25, 0.3) is 5.82 Å². The van der Waals surface area contributed by atoms with E-state index in [0.29, 0.717) is 5.92 Å². The molecule has 0 aliphatic carbocycles. The summed E-state index contributed by atoms with van der Waals surface area (Å²) < 4.78 is 15.0. The van der Waals surface area contributed by atoms with Crippen LogP contribution in [0, 0.1) is 5.82 Å². The Morgan fingerprint density at radius 3 is 2.80 bits per heavy atom. The van der Waals surface area contributed by atoms with Crippen LogP contribution in [0.4, 0.5) is 4.39 Å². The Balaban J connectivity index is 1.47. The molecule has 4 nitrogen and oxygen atoms in total. The second-order valence-electron chi connectivity index (χ2n) is 6.59. The van der Waals surface area contributed by atoms with Gasteiger partial charge in [-0.05, 0) is 49.2 Å². The zero-order valence-electron chi connectivity index (χ0n) is 14.1. The highest BCUT2D eigenvalue weighted by Crippen LogP contribution is 2.27. The predicted molar refractivity (Wildman–Crippen MR) is 95.0 cm³/mol. The van der Waals surface area contributed by atoms with Gasteiger partial charge in [-0.25, -0.2) is 14.4 Å². The maximum Gasteiger partial charge on any atom is 0.138 e. The van der Waals surface area contributed by atoms with Crippen LogP contribution in [-0.2, 0) is 6.54 Å². The number of hydrogen-bond acceptors (Lipinski definition) is 3. The van der Waals surface area contributed by atoms with Gasteiger partial charge >= 0.3 is 0 Å². The van der Waals surface area contributed by atoms with Crippen molar-refractivity contribution in [2.45, 2.75) is 25.3 Å². The fourth-order valence-electron chi connectivity index (χ4n) is 3.49. The summed E-state index contributed by atoms with van der Waals surface area (Å²) >= 11 is 0. The summed E-state index contributed by atoms with van der Waals surface area (Å²) in [6, 6.07) is 13.0. The molecule has 1 fully saturated rings. The van der Waals surface area contributed by atoms with Gasteiger partial charge in [-0.15, -0.1) is 0 Å². The van der Waals surface area contributed by atoms with E-state index in [1.165, 1.54) is 12.1 Å². The zero-order valence-corrected chi connectivity index (χ0v) is 14.1. The number of imidazole rings is 1. The van der Waals surface area contributed by atoms with E-state index < -0.39 is 0 Å². The topological polar surface area (TPSA) is 34.0 Å². The molecule has 0 amide bonds. The second-order valence-corrected chi connectivity index (χ2v) is 6.59. The molecule has 0 spiro atoms. The van der Waals surface area contributed by atoms with Crippen molar-refractivity contribution in [3.8, 4) is 5.82 Å². The number of pyridine rings is 1. The number of nitrogens with zero attached hydrogens (tertiary/aromatic N) is 4. The number of aromatic nitrogens is 3. The van der Waals surface area contributed by atoms with Gasteiger partial charge < -0.3 is 0 Å². The normalized spacial score (nSPS) is 18.4. The molecule has 3 aromatic rings. The Kier molecular flexibility index (Phi) is 4.57. The van der Waals surface area contributed by atoms with Gasteiger partial charge in [0.1, 0.15) is 18.0 Å². The average Bonchev–Trinajstić information content (AvgIpc) is 3.19. The first kappa shape index (κ1) is 16.0. The van der Waals surface area contributed by atoms with Crippen LogP contribution in [0.5, 0.6) is 0 Å². The summed E-state index contributed by atoms with van der Waals surface area (Å²) in [6.07, 6.45) is 7.75. The number of hydrogen-bond donors (Lipinski definition) is 0. The third-order valence-corrected chi connectivity index (χ3v) is 4.77. The summed E-state index contributed by atoms with van der Waals surface area (Å²) in [5.74, 6) is 1.16. The van der Waals surface area contributed by atoms with Gasteiger partial charge in [0.2, 0.25) is 0 Å². The number of rotatable bonds is 4. The molecule has 25 heavy (non-hydrogen) atoms. The molecule has 4 rings (SSSR count). The number of piperidine rings is 1. The van der Waals surface area contributed by atoms with Crippen LogP contribution in [0.1, 0.15) is 30.0 Å². The van der Waals surface area contributed by atoms with Crippen LogP contribution in [0.3, 0.4) is 0 Å². The molecule has 0 N–H and O–H groups in total. The van der Waals surface area contributed by atoms with Crippen LogP contribution < -0.4 is 0 Å². The Morgan fingerprint density at radius 1 is 1.12 bits per heavy atom. The van der Waals surface area contributed by atoms with E-state index in [0.717, 1.165) is 49.6 Å². The van der Waals surface area contributed by atoms with Gasteiger partial charge in [-0.2, -0.15) is 0 Å². The minimum atomic E-state index is -0.180. The molecule has 0 radical (unpaired) electrons. The van der Waals surface area contributed by atoms with Crippen molar-refractivity contribution < 1.29 is 4.39 Å². The van der Waals surface area contributed by atoms with E-state index in [1.54, 1.807) is 12.5 Å². The van der Waals surface area contributed by atoms with Crippen molar-refractivity contribution in [3.05, 3.63) is 78.3 Å². The molecule has 1 aliphatic heterocycles. The van der Waals surface area contributed by atoms with Crippen molar-refractivity contribution in [3.63, 3.8) is 0 Å². The standard InChI is InChI=1S/C20H21FN4/c21-18-8-6-16(7-9-18)13-24-11-2-3-17(14-24)19-4-1-5-20(23-19)25-12-10-22-15-25/h1,4-10,12,15,17H,2-3,11,13-14H2. The first-order valence-electron chi connectivity index (χ1n) is 8.70. The van der Waals surface area contributed by atoms with Crippen molar-refractivity contribution in [2.24, 2.45) is 0 Å². The molecule has 1 unspecified atom stereocenters. The monoisotopic (exact) mass is 336 g/mol. The maximum atomic E-state index is 13.1. The van der Waals surface area contributed by atoms with E-state index in [2.05, 4.69) is 22.0 Å². The summed E-state index contributed by atoms with van der Waals surface area (Å²) in [6.45, 7) is 2.92. The highest BCUT2D eigenvalue weighted by molar-refractivity contribution is 5.26. The lowest BCUT2D eigenvalue weighted by molar-refractivity contribution is 0.198. The van der Waals surface area contributed by atoms with Gasteiger partial charge in [0.15, 0.2) is 0 Å². The van der Waals surface area contributed by atoms with E-state index in [9.17, 15) is 4.39 Å².